The van der Waals surface area contributed by atoms with Crippen molar-refractivity contribution in [1.29, 1.82) is 0 Å². The van der Waals surface area contributed by atoms with Gasteiger partial charge in [0.2, 0.25) is 0 Å². The summed E-state index contributed by atoms with van der Waals surface area (Å²) in [6, 6.07) is 61.6. The lowest BCUT2D eigenvalue weighted by molar-refractivity contribution is 1.61. The van der Waals surface area contributed by atoms with E-state index in [2.05, 4.69) is 170 Å². The van der Waals surface area contributed by atoms with Crippen molar-refractivity contribution in [3.63, 3.8) is 0 Å². The van der Waals surface area contributed by atoms with Crippen LogP contribution in [0.4, 0.5) is 0 Å². The van der Waals surface area contributed by atoms with Gasteiger partial charge in [0.1, 0.15) is 0 Å². The molecule has 0 saturated heterocycles. The minimum absolute atomic E-state index is 1.23. The Hall–Kier alpha value is -5.46. The van der Waals surface area contributed by atoms with Crippen LogP contribution in [0.5, 0.6) is 0 Å². The zero-order valence-corrected chi connectivity index (χ0v) is 23.2. The van der Waals surface area contributed by atoms with Gasteiger partial charge in [0, 0.05) is 0 Å². The minimum Gasteiger partial charge on any atom is -0.0622 e. The second kappa shape index (κ2) is 10.2. The molecule has 0 nitrogen and oxygen atoms in total. The molecule has 8 aromatic carbocycles. The zero-order valence-electron chi connectivity index (χ0n) is 23.2. The Morgan fingerprint density at radius 3 is 1.14 bits per heavy atom. The van der Waals surface area contributed by atoms with Crippen LogP contribution < -0.4 is 0 Å². The van der Waals surface area contributed by atoms with Crippen LogP contribution >= 0.6 is 0 Å². The highest BCUT2D eigenvalue weighted by Crippen LogP contribution is 2.46. The topological polar surface area (TPSA) is 0 Å². The lowest BCUT2D eigenvalue weighted by Gasteiger charge is -2.19. The summed E-state index contributed by atoms with van der Waals surface area (Å²) in [5.41, 5.74) is 10.1. The van der Waals surface area contributed by atoms with E-state index in [1.54, 1.807) is 0 Å². The fourth-order valence-electron chi connectivity index (χ4n) is 6.59. The molecular weight excluding hydrogens is 504 g/mol. The molecule has 8 rings (SSSR count). The average molecular weight is 533 g/mol. The number of benzene rings is 8. The summed E-state index contributed by atoms with van der Waals surface area (Å²) in [5.74, 6) is 0. The molecule has 0 unspecified atom stereocenters. The number of hydrogen-bond donors (Lipinski definition) is 0. The molecule has 0 heterocycles. The van der Waals surface area contributed by atoms with Gasteiger partial charge in [-0.05, 0) is 76.8 Å². The summed E-state index contributed by atoms with van der Waals surface area (Å²) < 4.78 is 0. The Morgan fingerprint density at radius 1 is 0.190 bits per heavy atom. The molecule has 196 valence electrons. The predicted octanol–water partition coefficient (Wildman–Crippen LogP) is 11.8. The fraction of sp³-hybridized carbons (Fsp3) is 0. The van der Waals surface area contributed by atoms with Gasteiger partial charge >= 0.3 is 0 Å². The molecule has 0 fully saturated rings. The molecule has 8 aromatic rings. The van der Waals surface area contributed by atoms with Gasteiger partial charge in [-0.3, -0.25) is 0 Å². The van der Waals surface area contributed by atoms with E-state index < -0.39 is 0 Å². The first-order chi connectivity index (χ1) is 20.9. The maximum Gasteiger partial charge on any atom is -0.00201 e. The van der Waals surface area contributed by atoms with Crippen LogP contribution in [0, 0.1) is 0 Å². The molecule has 0 aliphatic carbocycles. The van der Waals surface area contributed by atoms with Gasteiger partial charge in [0.25, 0.3) is 0 Å². The molecule has 0 aliphatic heterocycles. The maximum absolute atomic E-state index is 2.29. The van der Waals surface area contributed by atoms with E-state index in [1.807, 2.05) is 0 Å². The normalized spacial score (nSPS) is 11.3. The molecule has 0 spiro atoms. The highest BCUT2D eigenvalue weighted by atomic mass is 14.2. The van der Waals surface area contributed by atoms with E-state index in [1.165, 1.54) is 76.8 Å². The van der Waals surface area contributed by atoms with E-state index in [0.29, 0.717) is 0 Å². The Labute approximate surface area is 246 Å². The standard InChI is InChI=1S/C42H28/c1-3-13-29(14-4-1)30-25-27-32(28-26-30)41-37-17-7-9-19-39(37)42(40-20-10-8-18-38(40)41)36-24-12-22-34-33(21-11-23-35(34)36)31-15-5-2-6-16-31/h1-28H. The average Bonchev–Trinajstić information content (AvgIpc) is 3.07. The summed E-state index contributed by atoms with van der Waals surface area (Å²) in [7, 11) is 0. The van der Waals surface area contributed by atoms with E-state index in [0.717, 1.165) is 0 Å². The molecular formula is C42H28. The smallest absolute Gasteiger partial charge is 0.00201 e. The van der Waals surface area contributed by atoms with Crippen molar-refractivity contribution < 1.29 is 0 Å². The van der Waals surface area contributed by atoms with Gasteiger partial charge in [0.15, 0.2) is 0 Å². The van der Waals surface area contributed by atoms with Gasteiger partial charge in [-0.15, -0.1) is 0 Å². The summed E-state index contributed by atoms with van der Waals surface area (Å²) >= 11 is 0. The van der Waals surface area contributed by atoms with Crippen molar-refractivity contribution in [2.75, 3.05) is 0 Å². The summed E-state index contributed by atoms with van der Waals surface area (Å²) in [6.45, 7) is 0. The third kappa shape index (κ3) is 4.00. The molecule has 0 amide bonds. The number of rotatable bonds is 4. The third-order valence-electron chi connectivity index (χ3n) is 8.49. The molecule has 0 atom stereocenters. The first-order valence-electron chi connectivity index (χ1n) is 14.5. The number of hydrogen-bond acceptors (Lipinski definition) is 0. The van der Waals surface area contributed by atoms with Gasteiger partial charge < -0.3 is 0 Å². The summed E-state index contributed by atoms with van der Waals surface area (Å²) in [5, 5.41) is 7.64. The largest absolute Gasteiger partial charge is 0.0622 e. The monoisotopic (exact) mass is 532 g/mol. The second-order valence-corrected chi connectivity index (χ2v) is 10.9. The van der Waals surface area contributed by atoms with Gasteiger partial charge in [-0.2, -0.15) is 0 Å². The quantitative estimate of drug-likeness (QED) is 0.198. The molecule has 0 heteroatoms. The van der Waals surface area contributed by atoms with Crippen LogP contribution in [0.2, 0.25) is 0 Å². The van der Waals surface area contributed by atoms with Crippen LogP contribution in [-0.4, -0.2) is 0 Å². The van der Waals surface area contributed by atoms with Gasteiger partial charge in [-0.1, -0.05) is 170 Å². The maximum atomic E-state index is 2.29. The fourth-order valence-corrected chi connectivity index (χ4v) is 6.59. The van der Waals surface area contributed by atoms with Crippen molar-refractivity contribution in [3.8, 4) is 44.5 Å². The molecule has 0 N–H and O–H groups in total. The molecule has 42 heavy (non-hydrogen) atoms. The lowest BCUT2D eigenvalue weighted by atomic mass is 9.84. The van der Waals surface area contributed by atoms with Crippen LogP contribution in [0.15, 0.2) is 170 Å². The van der Waals surface area contributed by atoms with E-state index >= 15 is 0 Å². The van der Waals surface area contributed by atoms with Crippen LogP contribution in [0.1, 0.15) is 0 Å². The Balaban J connectivity index is 1.40. The highest BCUT2D eigenvalue weighted by molar-refractivity contribution is 6.24. The Morgan fingerprint density at radius 2 is 0.571 bits per heavy atom. The van der Waals surface area contributed by atoms with Crippen molar-refractivity contribution in [2.45, 2.75) is 0 Å². The molecule has 0 aromatic heterocycles. The van der Waals surface area contributed by atoms with E-state index in [9.17, 15) is 0 Å². The van der Waals surface area contributed by atoms with Crippen LogP contribution in [-0.2, 0) is 0 Å². The number of fused-ring (bicyclic) bond motifs is 3. The van der Waals surface area contributed by atoms with E-state index in [4.69, 9.17) is 0 Å². The lowest BCUT2D eigenvalue weighted by Crippen LogP contribution is -1.92. The van der Waals surface area contributed by atoms with Crippen molar-refractivity contribution in [1.82, 2.24) is 0 Å². The third-order valence-corrected chi connectivity index (χ3v) is 8.49. The second-order valence-electron chi connectivity index (χ2n) is 10.9. The highest BCUT2D eigenvalue weighted by Gasteiger charge is 2.18. The van der Waals surface area contributed by atoms with Crippen LogP contribution in [0.3, 0.4) is 0 Å². The first-order valence-corrected chi connectivity index (χ1v) is 14.5. The summed E-state index contributed by atoms with van der Waals surface area (Å²) in [6.07, 6.45) is 0. The van der Waals surface area contributed by atoms with Gasteiger partial charge in [0.05, 0.1) is 0 Å². The predicted molar refractivity (Wildman–Crippen MR) is 181 cm³/mol. The molecule has 0 bridgehead atoms. The van der Waals surface area contributed by atoms with E-state index in [-0.39, 0.29) is 0 Å². The molecule has 0 saturated carbocycles. The van der Waals surface area contributed by atoms with Crippen molar-refractivity contribution in [2.24, 2.45) is 0 Å². The van der Waals surface area contributed by atoms with Crippen molar-refractivity contribution >= 4 is 32.3 Å². The molecule has 0 radical (unpaired) electrons. The Bertz CT molecular complexity index is 2150. The Kier molecular flexibility index (Phi) is 5.90. The van der Waals surface area contributed by atoms with Crippen LogP contribution in [0.25, 0.3) is 76.8 Å². The minimum atomic E-state index is 1.23. The first kappa shape index (κ1) is 24.3. The summed E-state index contributed by atoms with van der Waals surface area (Å²) in [4.78, 5) is 0. The zero-order chi connectivity index (χ0) is 27.9. The van der Waals surface area contributed by atoms with Gasteiger partial charge in [-0.25, -0.2) is 0 Å². The molecule has 0 aliphatic rings. The SMILES string of the molecule is c1ccc(-c2ccc(-c3c4ccccc4c(-c4cccc5c(-c6ccccc6)cccc45)c4ccccc34)cc2)cc1. The van der Waals surface area contributed by atoms with Crippen molar-refractivity contribution in [3.05, 3.63) is 170 Å².